The molecule has 1 N–H and O–H groups in total. The zero-order chi connectivity index (χ0) is 17.8. The van der Waals surface area contributed by atoms with Gasteiger partial charge < -0.3 is 14.6 Å². The largest absolute Gasteiger partial charge is 0.381 e. The zero-order valence-electron chi connectivity index (χ0n) is 14.7. The highest BCUT2D eigenvalue weighted by Gasteiger charge is 2.27. The molecule has 0 spiro atoms. The third-order valence-electron chi connectivity index (χ3n) is 5.09. The Morgan fingerprint density at radius 2 is 2.04 bits per heavy atom. The average Bonchev–Trinajstić information content (AvgIpc) is 3.10. The molecule has 3 heterocycles. The Balaban J connectivity index is 1.52. The molecule has 134 valence electrons. The minimum Gasteiger partial charge on any atom is -0.381 e. The Labute approximate surface area is 153 Å². The normalized spacial score (nSPS) is 16.5. The van der Waals surface area contributed by atoms with Crippen LogP contribution in [0.25, 0.3) is 10.9 Å². The number of nitrogens with zero attached hydrogens (tertiary/aromatic N) is 2. The number of nitrogens with one attached hydrogen (secondary N) is 1. The van der Waals surface area contributed by atoms with E-state index in [0.29, 0.717) is 12.5 Å². The van der Waals surface area contributed by atoms with Crippen LogP contribution in [0.2, 0.25) is 0 Å². The predicted octanol–water partition coefficient (Wildman–Crippen LogP) is 3.32. The van der Waals surface area contributed by atoms with Crippen LogP contribution in [0.1, 0.15) is 24.4 Å². The first kappa shape index (κ1) is 16.8. The molecular formula is C21H23N3O2. The molecule has 1 aromatic carbocycles. The first-order valence-electron chi connectivity index (χ1n) is 9.12. The second-order valence-electron chi connectivity index (χ2n) is 6.78. The molecular weight excluding hydrogens is 326 g/mol. The highest BCUT2D eigenvalue weighted by Crippen LogP contribution is 2.29. The number of hydrogen-bond donors (Lipinski definition) is 1. The maximum atomic E-state index is 12.8. The summed E-state index contributed by atoms with van der Waals surface area (Å²) >= 11 is 0. The van der Waals surface area contributed by atoms with Gasteiger partial charge in [0.15, 0.2) is 0 Å². The molecule has 0 saturated carbocycles. The molecule has 1 aliphatic heterocycles. The van der Waals surface area contributed by atoms with Crippen LogP contribution in [-0.4, -0.2) is 28.7 Å². The molecule has 0 bridgehead atoms. The number of pyridine rings is 1. The summed E-state index contributed by atoms with van der Waals surface area (Å²) in [6.07, 6.45) is 7.49. The number of carbonyl (C=O) groups is 1. The van der Waals surface area contributed by atoms with E-state index in [2.05, 4.69) is 16.4 Å². The Bertz CT molecular complexity index is 869. The lowest BCUT2D eigenvalue weighted by molar-refractivity contribution is -0.123. The Morgan fingerprint density at radius 1 is 1.19 bits per heavy atom. The molecule has 1 fully saturated rings. The summed E-state index contributed by atoms with van der Waals surface area (Å²) in [6.45, 7) is 1.81. The third kappa shape index (κ3) is 3.63. The Kier molecular flexibility index (Phi) is 4.97. The molecule has 1 aliphatic rings. The van der Waals surface area contributed by atoms with Gasteiger partial charge in [-0.25, -0.2) is 0 Å². The van der Waals surface area contributed by atoms with E-state index in [0.717, 1.165) is 42.5 Å². The molecule has 0 radical (unpaired) electrons. The topological polar surface area (TPSA) is 56.2 Å². The van der Waals surface area contributed by atoms with E-state index >= 15 is 0 Å². The van der Waals surface area contributed by atoms with Gasteiger partial charge in [-0.15, -0.1) is 0 Å². The SMILES string of the molecule is O=C(Cn1ccc2ccccc21)N[C@H](c1cccnc1)C1CCOCC1. The summed E-state index contributed by atoms with van der Waals surface area (Å²) < 4.78 is 7.49. The van der Waals surface area contributed by atoms with Crippen LogP contribution >= 0.6 is 0 Å². The lowest BCUT2D eigenvalue weighted by Crippen LogP contribution is -2.37. The highest BCUT2D eigenvalue weighted by atomic mass is 16.5. The van der Waals surface area contributed by atoms with Crippen molar-refractivity contribution in [3.05, 3.63) is 66.6 Å². The highest BCUT2D eigenvalue weighted by molar-refractivity contribution is 5.83. The summed E-state index contributed by atoms with van der Waals surface area (Å²) in [4.78, 5) is 17.0. The van der Waals surface area contributed by atoms with Gasteiger partial charge in [-0.2, -0.15) is 0 Å². The standard InChI is InChI=1S/C21H23N3O2/c25-20(15-24-11-7-16-4-1-2-6-19(16)24)23-21(17-8-12-26-13-9-17)18-5-3-10-22-14-18/h1-7,10-11,14,17,21H,8-9,12-13,15H2,(H,23,25)/t21-/m0/s1. The van der Waals surface area contributed by atoms with Gasteiger partial charge in [-0.05, 0) is 47.9 Å². The first-order chi connectivity index (χ1) is 12.8. The maximum absolute atomic E-state index is 12.8. The van der Waals surface area contributed by atoms with Crippen molar-refractivity contribution >= 4 is 16.8 Å². The van der Waals surface area contributed by atoms with Crippen LogP contribution in [-0.2, 0) is 16.1 Å². The van der Waals surface area contributed by atoms with Crippen molar-refractivity contribution < 1.29 is 9.53 Å². The van der Waals surface area contributed by atoms with Gasteiger partial charge in [0, 0.05) is 37.3 Å². The molecule has 1 atom stereocenters. The van der Waals surface area contributed by atoms with Crippen LogP contribution in [0.5, 0.6) is 0 Å². The van der Waals surface area contributed by atoms with E-state index in [1.807, 2.05) is 53.4 Å². The molecule has 5 heteroatoms. The Morgan fingerprint density at radius 3 is 2.85 bits per heavy atom. The molecule has 2 aromatic heterocycles. The van der Waals surface area contributed by atoms with Crippen LogP contribution in [0, 0.1) is 5.92 Å². The fraction of sp³-hybridized carbons (Fsp3) is 0.333. The van der Waals surface area contributed by atoms with E-state index < -0.39 is 0 Å². The fourth-order valence-corrected chi connectivity index (χ4v) is 3.73. The van der Waals surface area contributed by atoms with Crippen molar-refractivity contribution in [2.75, 3.05) is 13.2 Å². The summed E-state index contributed by atoms with van der Waals surface area (Å²) in [6, 6.07) is 14.1. The molecule has 1 saturated heterocycles. The van der Waals surface area contributed by atoms with Crippen LogP contribution in [0.15, 0.2) is 61.1 Å². The van der Waals surface area contributed by atoms with Crippen molar-refractivity contribution in [3.63, 3.8) is 0 Å². The lowest BCUT2D eigenvalue weighted by atomic mass is 9.87. The summed E-state index contributed by atoms with van der Waals surface area (Å²) in [5.74, 6) is 0.394. The second-order valence-corrected chi connectivity index (χ2v) is 6.78. The van der Waals surface area contributed by atoms with Gasteiger partial charge in [0.05, 0.1) is 6.04 Å². The van der Waals surface area contributed by atoms with Crippen molar-refractivity contribution in [2.24, 2.45) is 5.92 Å². The summed E-state index contributed by atoms with van der Waals surface area (Å²) in [5.41, 5.74) is 2.14. The molecule has 0 aliphatic carbocycles. The molecule has 3 aromatic rings. The number of hydrogen-bond acceptors (Lipinski definition) is 3. The third-order valence-corrected chi connectivity index (χ3v) is 5.09. The van der Waals surface area contributed by atoms with Gasteiger partial charge in [0.1, 0.15) is 6.54 Å². The van der Waals surface area contributed by atoms with E-state index in [1.165, 1.54) is 0 Å². The molecule has 26 heavy (non-hydrogen) atoms. The van der Waals surface area contributed by atoms with Gasteiger partial charge in [0.2, 0.25) is 5.91 Å². The molecule has 0 unspecified atom stereocenters. The number of aromatic nitrogens is 2. The number of carbonyl (C=O) groups excluding carboxylic acids is 1. The van der Waals surface area contributed by atoms with Crippen molar-refractivity contribution in [2.45, 2.75) is 25.4 Å². The van der Waals surface area contributed by atoms with Crippen molar-refractivity contribution in [1.29, 1.82) is 0 Å². The van der Waals surface area contributed by atoms with Gasteiger partial charge in [0.25, 0.3) is 0 Å². The van der Waals surface area contributed by atoms with Gasteiger partial charge >= 0.3 is 0 Å². The van der Waals surface area contributed by atoms with E-state index in [-0.39, 0.29) is 11.9 Å². The summed E-state index contributed by atoms with van der Waals surface area (Å²) in [7, 11) is 0. The Hall–Kier alpha value is -2.66. The fourth-order valence-electron chi connectivity index (χ4n) is 3.73. The minimum atomic E-state index is -0.0260. The van der Waals surface area contributed by atoms with Crippen molar-refractivity contribution in [3.8, 4) is 0 Å². The van der Waals surface area contributed by atoms with Crippen LogP contribution in [0.3, 0.4) is 0 Å². The number of amides is 1. The predicted molar refractivity (Wildman–Crippen MR) is 101 cm³/mol. The summed E-state index contributed by atoms with van der Waals surface area (Å²) in [5, 5.41) is 4.40. The van der Waals surface area contributed by atoms with Crippen molar-refractivity contribution in [1.82, 2.24) is 14.9 Å². The minimum absolute atomic E-state index is 0.0201. The first-order valence-corrected chi connectivity index (χ1v) is 9.12. The quantitative estimate of drug-likeness (QED) is 0.769. The second kappa shape index (κ2) is 7.70. The maximum Gasteiger partial charge on any atom is 0.240 e. The lowest BCUT2D eigenvalue weighted by Gasteiger charge is -2.31. The molecule has 1 amide bonds. The van der Waals surface area contributed by atoms with Gasteiger partial charge in [-0.3, -0.25) is 9.78 Å². The smallest absolute Gasteiger partial charge is 0.240 e. The van der Waals surface area contributed by atoms with Crippen LogP contribution in [0.4, 0.5) is 0 Å². The average molecular weight is 349 g/mol. The molecule has 5 nitrogen and oxygen atoms in total. The zero-order valence-corrected chi connectivity index (χ0v) is 14.7. The molecule has 4 rings (SSSR count). The van der Waals surface area contributed by atoms with Gasteiger partial charge in [-0.1, -0.05) is 24.3 Å². The number of para-hydroxylation sites is 1. The van der Waals surface area contributed by atoms with E-state index in [9.17, 15) is 4.79 Å². The number of rotatable bonds is 5. The number of fused-ring (bicyclic) bond motifs is 1. The number of ether oxygens (including phenoxy) is 1. The van der Waals surface area contributed by atoms with E-state index in [1.54, 1.807) is 6.20 Å². The number of benzene rings is 1. The monoisotopic (exact) mass is 349 g/mol. The van der Waals surface area contributed by atoms with Crippen LogP contribution < -0.4 is 5.32 Å². The van der Waals surface area contributed by atoms with E-state index in [4.69, 9.17) is 4.74 Å².